The molecule has 0 radical (unpaired) electrons. The lowest BCUT2D eigenvalue weighted by atomic mass is 9.89. The van der Waals surface area contributed by atoms with Crippen LogP contribution < -0.4 is 9.47 Å². The molecule has 0 fully saturated rings. The molecule has 0 aromatic heterocycles. The maximum absolute atomic E-state index is 13.5. The number of carbonyl (C=O) groups excluding carboxylic acids is 1. The minimum absolute atomic E-state index is 0.0595. The van der Waals surface area contributed by atoms with E-state index < -0.39 is 11.8 Å². The fourth-order valence-electron chi connectivity index (χ4n) is 3.37. The van der Waals surface area contributed by atoms with Gasteiger partial charge in [-0.15, -0.1) is 0 Å². The van der Waals surface area contributed by atoms with Crippen molar-refractivity contribution in [3.05, 3.63) is 99.0 Å². The zero-order valence-corrected chi connectivity index (χ0v) is 17.6. The first kappa shape index (κ1) is 21.0. The van der Waals surface area contributed by atoms with Crippen molar-refractivity contribution in [3.63, 3.8) is 0 Å². The first-order valence-electron chi connectivity index (χ1n) is 9.34. The highest BCUT2D eigenvalue weighted by atomic mass is 35.5. The monoisotopic (exact) mass is 454 g/mol. The first-order valence-corrected chi connectivity index (χ1v) is 10.1. The predicted octanol–water partition coefficient (Wildman–Crippen LogP) is 5.69. The Morgan fingerprint density at radius 1 is 0.839 bits per heavy atom. The van der Waals surface area contributed by atoms with Crippen LogP contribution in [0.2, 0.25) is 10.0 Å². The summed E-state index contributed by atoms with van der Waals surface area (Å²) in [6.07, 6.45) is 0.121. The SMILES string of the molecule is O=C(O)/C(=C(/Cc1ccccc1)C(=O)c1ccc(Cl)c(Cl)c1)c1ccc2c(c1)OCO2. The minimum atomic E-state index is -1.22. The number of rotatable bonds is 6. The topological polar surface area (TPSA) is 72.8 Å². The zero-order chi connectivity index (χ0) is 22.0. The summed E-state index contributed by atoms with van der Waals surface area (Å²) in [5.41, 5.74) is 1.40. The van der Waals surface area contributed by atoms with Gasteiger partial charge in [0.25, 0.3) is 0 Å². The summed E-state index contributed by atoms with van der Waals surface area (Å²) in [4.78, 5) is 25.8. The van der Waals surface area contributed by atoms with Crippen LogP contribution in [-0.4, -0.2) is 23.7 Å². The van der Waals surface area contributed by atoms with Crippen LogP contribution in [0, 0.1) is 0 Å². The summed E-state index contributed by atoms with van der Waals surface area (Å²) in [6, 6.07) is 18.5. The van der Waals surface area contributed by atoms with Crippen LogP contribution in [-0.2, 0) is 11.2 Å². The van der Waals surface area contributed by atoms with Crippen LogP contribution in [0.15, 0.2) is 72.3 Å². The lowest BCUT2D eigenvalue weighted by molar-refractivity contribution is -0.130. The van der Waals surface area contributed by atoms with Gasteiger partial charge in [0.1, 0.15) is 0 Å². The van der Waals surface area contributed by atoms with Crippen LogP contribution in [0.1, 0.15) is 21.5 Å². The molecule has 0 aliphatic carbocycles. The molecular formula is C24H16Cl2O5. The van der Waals surface area contributed by atoms with E-state index in [4.69, 9.17) is 32.7 Å². The molecule has 156 valence electrons. The number of allylic oxidation sites excluding steroid dienone is 1. The number of carboxylic acid groups (broad SMARTS) is 1. The van der Waals surface area contributed by atoms with Gasteiger partial charge in [-0.05, 0) is 41.5 Å². The second kappa shape index (κ2) is 8.84. The number of halogens is 2. The molecule has 0 bridgehead atoms. The summed E-state index contributed by atoms with van der Waals surface area (Å²) in [5.74, 6) is -0.720. The highest BCUT2D eigenvalue weighted by Gasteiger charge is 2.26. The predicted molar refractivity (Wildman–Crippen MR) is 118 cm³/mol. The van der Waals surface area contributed by atoms with Gasteiger partial charge in [-0.3, -0.25) is 4.79 Å². The summed E-state index contributed by atoms with van der Waals surface area (Å²) in [6.45, 7) is 0.0595. The largest absolute Gasteiger partial charge is 0.478 e. The second-order valence-corrected chi connectivity index (χ2v) is 7.66. The van der Waals surface area contributed by atoms with Crippen LogP contribution >= 0.6 is 23.2 Å². The lowest BCUT2D eigenvalue weighted by Gasteiger charge is -2.14. The molecule has 4 rings (SSSR count). The molecule has 1 N–H and O–H groups in total. The Labute approximate surface area is 188 Å². The van der Waals surface area contributed by atoms with Gasteiger partial charge in [0.05, 0.1) is 15.6 Å². The number of aliphatic carboxylic acids is 1. The summed E-state index contributed by atoms with van der Waals surface area (Å²) in [5, 5.41) is 10.6. The Morgan fingerprint density at radius 3 is 2.26 bits per heavy atom. The van der Waals surface area contributed by atoms with E-state index in [-0.39, 0.29) is 34.9 Å². The highest BCUT2D eigenvalue weighted by Crippen LogP contribution is 2.36. The van der Waals surface area contributed by atoms with Crippen molar-refractivity contribution in [2.75, 3.05) is 6.79 Å². The number of ether oxygens (including phenoxy) is 2. The van der Waals surface area contributed by atoms with Gasteiger partial charge in [-0.25, -0.2) is 4.79 Å². The van der Waals surface area contributed by atoms with Crippen molar-refractivity contribution >= 4 is 40.5 Å². The Kier molecular flexibility index (Phi) is 5.98. The molecule has 0 atom stereocenters. The molecule has 1 aliphatic rings. The molecule has 1 heterocycles. The van der Waals surface area contributed by atoms with Crippen molar-refractivity contribution in [1.29, 1.82) is 0 Å². The van der Waals surface area contributed by atoms with Crippen LogP contribution in [0.3, 0.4) is 0 Å². The summed E-state index contributed by atoms with van der Waals surface area (Å²) in [7, 11) is 0. The van der Waals surface area contributed by atoms with Gasteiger partial charge in [0.15, 0.2) is 17.3 Å². The molecular weight excluding hydrogens is 439 g/mol. The zero-order valence-electron chi connectivity index (χ0n) is 16.1. The van der Waals surface area contributed by atoms with Gasteiger partial charge in [0.2, 0.25) is 6.79 Å². The van der Waals surface area contributed by atoms with Crippen molar-refractivity contribution in [2.45, 2.75) is 6.42 Å². The fourth-order valence-corrected chi connectivity index (χ4v) is 3.67. The van der Waals surface area contributed by atoms with Gasteiger partial charge in [-0.2, -0.15) is 0 Å². The third kappa shape index (κ3) is 4.43. The van der Waals surface area contributed by atoms with Crippen LogP contribution in [0.5, 0.6) is 11.5 Å². The molecule has 7 heteroatoms. The van der Waals surface area contributed by atoms with E-state index in [1.54, 1.807) is 18.2 Å². The van der Waals surface area contributed by atoms with Gasteiger partial charge in [0, 0.05) is 17.6 Å². The van der Waals surface area contributed by atoms with Gasteiger partial charge >= 0.3 is 5.97 Å². The van der Waals surface area contributed by atoms with E-state index in [9.17, 15) is 14.7 Å². The number of carboxylic acids is 1. The minimum Gasteiger partial charge on any atom is -0.478 e. The molecule has 3 aromatic carbocycles. The lowest BCUT2D eigenvalue weighted by Crippen LogP contribution is -2.14. The molecule has 0 saturated heterocycles. The van der Waals surface area contributed by atoms with Crippen molar-refractivity contribution in [3.8, 4) is 11.5 Å². The van der Waals surface area contributed by atoms with E-state index in [2.05, 4.69) is 0 Å². The Hall–Kier alpha value is -3.28. The summed E-state index contributed by atoms with van der Waals surface area (Å²) >= 11 is 12.1. The van der Waals surface area contributed by atoms with E-state index >= 15 is 0 Å². The summed E-state index contributed by atoms with van der Waals surface area (Å²) < 4.78 is 10.7. The molecule has 5 nitrogen and oxygen atoms in total. The second-order valence-electron chi connectivity index (χ2n) is 6.85. The van der Waals surface area contributed by atoms with E-state index in [1.807, 2.05) is 30.3 Å². The van der Waals surface area contributed by atoms with Crippen LogP contribution in [0.25, 0.3) is 5.57 Å². The molecule has 0 amide bonds. The van der Waals surface area contributed by atoms with Gasteiger partial charge < -0.3 is 14.6 Å². The molecule has 0 spiro atoms. The molecule has 3 aromatic rings. The number of ketones is 1. The Bertz CT molecular complexity index is 1200. The third-order valence-corrected chi connectivity index (χ3v) is 5.60. The number of hydrogen-bond donors (Lipinski definition) is 1. The highest BCUT2D eigenvalue weighted by molar-refractivity contribution is 6.42. The first-order chi connectivity index (χ1) is 14.9. The molecule has 0 saturated carbocycles. The normalized spacial score (nSPS) is 13.0. The third-order valence-electron chi connectivity index (χ3n) is 4.86. The number of hydrogen-bond acceptors (Lipinski definition) is 4. The maximum Gasteiger partial charge on any atom is 0.336 e. The number of fused-ring (bicyclic) bond motifs is 1. The van der Waals surface area contributed by atoms with Crippen LogP contribution in [0.4, 0.5) is 0 Å². The van der Waals surface area contributed by atoms with Crippen molar-refractivity contribution in [1.82, 2.24) is 0 Å². The Balaban J connectivity index is 1.89. The maximum atomic E-state index is 13.5. The smallest absolute Gasteiger partial charge is 0.336 e. The molecule has 31 heavy (non-hydrogen) atoms. The molecule has 0 unspecified atom stereocenters. The number of Topliss-reactive ketones (excluding diaryl/α,β-unsaturated/α-hetero) is 1. The van der Waals surface area contributed by atoms with E-state index in [1.165, 1.54) is 18.2 Å². The van der Waals surface area contributed by atoms with Crippen molar-refractivity contribution in [2.24, 2.45) is 0 Å². The fraction of sp³-hybridized carbons (Fsp3) is 0.0833. The van der Waals surface area contributed by atoms with Crippen molar-refractivity contribution < 1.29 is 24.2 Å². The number of carbonyl (C=O) groups is 2. The quantitative estimate of drug-likeness (QED) is 0.382. The van der Waals surface area contributed by atoms with E-state index in [0.717, 1.165) is 5.56 Å². The average Bonchev–Trinajstić information content (AvgIpc) is 3.23. The van der Waals surface area contributed by atoms with Gasteiger partial charge in [-0.1, -0.05) is 59.6 Å². The molecule has 1 aliphatic heterocycles. The number of benzene rings is 3. The Morgan fingerprint density at radius 2 is 1.55 bits per heavy atom. The standard InChI is InChI=1S/C24H16Cl2O5/c25-18-8-6-16(11-19(18)26)23(27)17(10-14-4-2-1-3-5-14)22(24(28)29)15-7-9-20-21(12-15)31-13-30-20/h1-9,11-12H,10,13H2,(H,28,29)/b22-17-. The average molecular weight is 455 g/mol. The van der Waals surface area contributed by atoms with E-state index in [0.29, 0.717) is 22.1 Å².